The standard InChI is InChI=1S/C19H21N3O3S/c1-3-25-15-7-8-16-17(10-15)22-19(21-16)26-12-18(23)20-11-13-5-4-6-14(9-13)24-2/h4-10H,3,11-12H2,1-2H3,(H,20,23)(H,21,22). The molecule has 1 amide bonds. The van der Waals surface area contributed by atoms with Crippen molar-refractivity contribution in [3.8, 4) is 11.5 Å². The molecule has 2 N–H and O–H groups in total. The molecule has 0 atom stereocenters. The molecule has 26 heavy (non-hydrogen) atoms. The number of benzene rings is 2. The summed E-state index contributed by atoms with van der Waals surface area (Å²) in [6.07, 6.45) is 0. The van der Waals surface area contributed by atoms with Crippen molar-refractivity contribution in [2.45, 2.75) is 18.6 Å². The van der Waals surface area contributed by atoms with Gasteiger partial charge in [0.25, 0.3) is 0 Å². The first-order valence-corrected chi connectivity index (χ1v) is 9.31. The SMILES string of the molecule is CCOc1ccc2nc(SCC(=O)NCc3cccc(OC)c3)[nH]c2c1. The van der Waals surface area contributed by atoms with Crippen molar-refractivity contribution in [3.63, 3.8) is 0 Å². The van der Waals surface area contributed by atoms with Gasteiger partial charge in [0, 0.05) is 12.6 Å². The molecule has 1 heterocycles. The lowest BCUT2D eigenvalue weighted by Crippen LogP contribution is -2.24. The summed E-state index contributed by atoms with van der Waals surface area (Å²) in [7, 11) is 1.62. The number of H-pyrrole nitrogens is 1. The van der Waals surface area contributed by atoms with E-state index in [1.807, 2.05) is 49.4 Å². The minimum atomic E-state index is -0.0479. The van der Waals surface area contributed by atoms with Crippen LogP contribution in [0.3, 0.4) is 0 Å². The van der Waals surface area contributed by atoms with Crippen LogP contribution in [0.1, 0.15) is 12.5 Å². The number of aromatic nitrogens is 2. The zero-order valence-electron chi connectivity index (χ0n) is 14.7. The molecule has 0 saturated carbocycles. The normalized spacial score (nSPS) is 10.7. The average molecular weight is 371 g/mol. The van der Waals surface area contributed by atoms with Gasteiger partial charge in [0.15, 0.2) is 5.16 Å². The molecule has 3 aromatic rings. The molecule has 136 valence electrons. The highest BCUT2D eigenvalue weighted by atomic mass is 32.2. The molecular formula is C19H21N3O3S. The first-order chi connectivity index (χ1) is 12.7. The maximum atomic E-state index is 12.1. The number of rotatable bonds is 8. The third-order valence-corrected chi connectivity index (χ3v) is 4.58. The van der Waals surface area contributed by atoms with Crippen LogP contribution in [-0.4, -0.2) is 35.3 Å². The van der Waals surface area contributed by atoms with Gasteiger partial charge < -0.3 is 19.8 Å². The number of methoxy groups -OCH3 is 1. The molecule has 0 spiro atoms. The van der Waals surface area contributed by atoms with Crippen LogP contribution in [0.25, 0.3) is 11.0 Å². The number of thioether (sulfide) groups is 1. The van der Waals surface area contributed by atoms with Crippen LogP contribution in [0, 0.1) is 0 Å². The summed E-state index contributed by atoms with van der Waals surface area (Å²) in [5.74, 6) is 1.83. The summed E-state index contributed by atoms with van der Waals surface area (Å²) in [4.78, 5) is 19.8. The van der Waals surface area contributed by atoms with E-state index >= 15 is 0 Å². The largest absolute Gasteiger partial charge is 0.497 e. The zero-order chi connectivity index (χ0) is 18.4. The van der Waals surface area contributed by atoms with E-state index in [1.165, 1.54) is 11.8 Å². The van der Waals surface area contributed by atoms with E-state index in [2.05, 4.69) is 15.3 Å². The highest BCUT2D eigenvalue weighted by molar-refractivity contribution is 7.99. The van der Waals surface area contributed by atoms with Crippen molar-refractivity contribution >= 4 is 28.7 Å². The van der Waals surface area contributed by atoms with Gasteiger partial charge in [0.1, 0.15) is 11.5 Å². The maximum Gasteiger partial charge on any atom is 0.230 e. The molecule has 0 bridgehead atoms. The lowest BCUT2D eigenvalue weighted by Gasteiger charge is -2.06. The summed E-state index contributed by atoms with van der Waals surface area (Å²) in [6, 6.07) is 13.3. The Hall–Kier alpha value is -2.67. The molecular weight excluding hydrogens is 350 g/mol. The molecule has 0 radical (unpaired) electrons. The topological polar surface area (TPSA) is 76.2 Å². The first-order valence-electron chi connectivity index (χ1n) is 8.33. The van der Waals surface area contributed by atoms with Gasteiger partial charge in [-0.25, -0.2) is 4.98 Å². The monoisotopic (exact) mass is 371 g/mol. The minimum absolute atomic E-state index is 0.0479. The highest BCUT2D eigenvalue weighted by Crippen LogP contribution is 2.23. The number of carbonyl (C=O) groups is 1. The molecule has 2 aromatic carbocycles. The Bertz CT molecular complexity index is 895. The molecule has 7 heteroatoms. The average Bonchev–Trinajstić information content (AvgIpc) is 3.07. The Balaban J connectivity index is 1.53. The van der Waals surface area contributed by atoms with Crippen LogP contribution < -0.4 is 14.8 Å². The minimum Gasteiger partial charge on any atom is -0.497 e. The molecule has 6 nitrogen and oxygen atoms in total. The Morgan fingerprint density at radius 3 is 2.92 bits per heavy atom. The number of carbonyl (C=O) groups excluding carboxylic acids is 1. The van der Waals surface area contributed by atoms with Crippen molar-refractivity contribution in [3.05, 3.63) is 48.0 Å². The van der Waals surface area contributed by atoms with Gasteiger partial charge >= 0.3 is 0 Å². The number of fused-ring (bicyclic) bond motifs is 1. The molecule has 1 aromatic heterocycles. The number of ether oxygens (including phenoxy) is 2. The second-order valence-electron chi connectivity index (χ2n) is 5.57. The Morgan fingerprint density at radius 1 is 1.23 bits per heavy atom. The Labute approximate surface area is 156 Å². The fraction of sp³-hybridized carbons (Fsp3) is 0.263. The van der Waals surface area contributed by atoms with E-state index in [-0.39, 0.29) is 5.91 Å². The third kappa shape index (κ3) is 4.70. The molecule has 0 fully saturated rings. The first kappa shape index (κ1) is 18.1. The zero-order valence-corrected chi connectivity index (χ0v) is 15.6. The second kappa shape index (κ2) is 8.62. The van der Waals surface area contributed by atoms with Gasteiger partial charge in [0.05, 0.1) is 30.5 Å². The predicted octanol–water partition coefficient (Wildman–Crippen LogP) is 3.38. The number of imidazole rings is 1. The molecule has 0 aliphatic rings. The highest BCUT2D eigenvalue weighted by Gasteiger charge is 2.08. The maximum absolute atomic E-state index is 12.1. The number of nitrogens with one attached hydrogen (secondary N) is 2. The van der Waals surface area contributed by atoms with Crippen LogP contribution >= 0.6 is 11.8 Å². The van der Waals surface area contributed by atoms with E-state index in [0.717, 1.165) is 28.1 Å². The fourth-order valence-corrected chi connectivity index (χ4v) is 3.17. The Morgan fingerprint density at radius 2 is 2.12 bits per heavy atom. The van der Waals surface area contributed by atoms with Crippen LogP contribution in [0.4, 0.5) is 0 Å². The van der Waals surface area contributed by atoms with E-state index in [0.29, 0.717) is 24.1 Å². The summed E-state index contributed by atoms with van der Waals surface area (Å²) in [6.45, 7) is 3.03. The lowest BCUT2D eigenvalue weighted by atomic mass is 10.2. The van der Waals surface area contributed by atoms with Crippen LogP contribution in [0.2, 0.25) is 0 Å². The van der Waals surface area contributed by atoms with Gasteiger partial charge in [-0.2, -0.15) is 0 Å². The smallest absolute Gasteiger partial charge is 0.230 e. The van der Waals surface area contributed by atoms with Crippen LogP contribution in [-0.2, 0) is 11.3 Å². The van der Waals surface area contributed by atoms with Crippen molar-refractivity contribution in [2.75, 3.05) is 19.5 Å². The summed E-state index contributed by atoms with van der Waals surface area (Å²) in [5, 5.41) is 3.62. The van der Waals surface area contributed by atoms with Crippen molar-refractivity contribution in [1.82, 2.24) is 15.3 Å². The second-order valence-corrected chi connectivity index (χ2v) is 6.53. The number of aromatic amines is 1. The van der Waals surface area contributed by atoms with Crippen molar-refractivity contribution in [1.29, 1.82) is 0 Å². The van der Waals surface area contributed by atoms with Gasteiger partial charge in [-0.05, 0) is 36.8 Å². The summed E-state index contributed by atoms with van der Waals surface area (Å²) >= 11 is 1.37. The molecule has 0 aliphatic heterocycles. The van der Waals surface area contributed by atoms with E-state index in [4.69, 9.17) is 9.47 Å². The molecule has 3 rings (SSSR count). The van der Waals surface area contributed by atoms with E-state index in [1.54, 1.807) is 7.11 Å². The van der Waals surface area contributed by atoms with E-state index in [9.17, 15) is 4.79 Å². The molecule has 0 unspecified atom stereocenters. The number of hydrogen-bond donors (Lipinski definition) is 2. The summed E-state index contributed by atoms with van der Waals surface area (Å²) < 4.78 is 10.7. The number of nitrogens with zero attached hydrogens (tertiary/aromatic N) is 1. The third-order valence-electron chi connectivity index (χ3n) is 3.71. The van der Waals surface area contributed by atoms with Crippen molar-refractivity contribution < 1.29 is 14.3 Å². The van der Waals surface area contributed by atoms with Gasteiger partial charge in [0.2, 0.25) is 5.91 Å². The van der Waals surface area contributed by atoms with Gasteiger partial charge in [-0.15, -0.1) is 0 Å². The lowest BCUT2D eigenvalue weighted by molar-refractivity contribution is -0.118. The molecule has 0 aliphatic carbocycles. The Kier molecular flexibility index (Phi) is 6.01. The van der Waals surface area contributed by atoms with Gasteiger partial charge in [-0.1, -0.05) is 23.9 Å². The summed E-state index contributed by atoms with van der Waals surface area (Å²) in [5.41, 5.74) is 2.75. The molecule has 0 saturated heterocycles. The predicted molar refractivity (Wildman–Crippen MR) is 103 cm³/mol. The number of amides is 1. The van der Waals surface area contributed by atoms with Crippen LogP contribution in [0.5, 0.6) is 11.5 Å². The van der Waals surface area contributed by atoms with Crippen LogP contribution in [0.15, 0.2) is 47.6 Å². The quantitative estimate of drug-likeness (QED) is 0.594. The van der Waals surface area contributed by atoms with Crippen molar-refractivity contribution in [2.24, 2.45) is 0 Å². The number of hydrogen-bond acceptors (Lipinski definition) is 5. The van der Waals surface area contributed by atoms with Gasteiger partial charge in [-0.3, -0.25) is 4.79 Å². The van der Waals surface area contributed by atoms with E-state index < -0.39 is 0 Å². The fourth-order valence-electron chi connectivity index (χ4n) is 2.46.